The van der Waals surface area contributed by atoms with Gasteiger partial charge in [-0.2, -0.15) is 0 Å². The molecule has 0 amide bonds. The van der Waals surface area contributed by atoms with Gasteiger partial charge >= 0.3 is 17.9 Å². The number of aryl methyl sites for hydroxylation is 2. The average molecular weight is 530 g/mol. The lowest BCUT2D eigenvalue weighted by molar-refractivity contribution is -0.150. The number of carbonyl (C=O) groups is 3. The molecule has 0 heterocycles. The smallest absolute Gasteiger partial charge is 0.343 e. The largest absolute Gasteiger partial charge is 0.456 e. The van der Waals surface area contributed by atoms with E-state index in [0.717, 1.165) is 36.8 Å². The summed E-state index contributed by atoms with van der Waals surface area (Å²) in [5.41, 5.74) is 9.23. The molecule has 204 valence electrons. The van der Waals surface area contributed by atoms with Crippen LogP contribution in [-0.2, 0) is 9.53 Å². The molecule has 4 rings (SSSR count). The Bertz CT molecular complexity index is 1290. The zero-order valence-electron chi connectivity index (χ0n) is 22.5. The molecule has 2 N–H and O–H groups in total. The maximum absolute atomic E-state index is 12.9. The van der Waals surface area contributed by atoms with Gasteiger partial charge in [0.25, 0.3) is 0 Å². The number of carbonyl (C=O) groups excluding carboxylic acids is 3. The molecule has 1 aliphatic rings. The van der Waals surface area contributed by atoms with E-state index in [2.05, 4.69) is 0 Å². The highest BCUT2D eigenvalue weighted by atomic mass is 16.6. The van der Waals surface area contributed by atoms with Gasteiger partial charge in [-0.15, -0.1) is 0 Å². The van der Waals surface area contributed by atoms with Crippen LogP contribution in [-0.4, -0.2) is 24.5 Å². The Morgan fingerprint density at radius 2 is 1.31 bits per heavy atom. The summed E-state index contributed by atoms with van der Waals surface area (Å²) in [6, 6.07) is 18.6. The van der Waals surface area contributed by atoms with E-state index in [-0.39, 0.29) is 24.0 Å². The second-order valence-corrected chi connectivity index (χ2v) is 10.1. The Morgan fingerprint density at radius 1 is 0.769 bits per heavy atom. The fourth-order valence-electron chi connectivity index (χ4n) is 4.67. The second kappa shape index (κ2) is 13.2. The van der Waals surface area contributed by atoms with Crippen molar-refractivity contribution >= 4 is 17.9 Å². The Kier molecular flexibility index (Phi) is 9.49. The van der Waals surface area contributed by atoms with E-state index >= 15 is 0 Å². The standard InChI is InChI=1S/C32H35NO6/c1-21-8-12-24(13-9-21)31(35)38-27-17-16-26(19-28(27)39-32(36)25-14-10-22(2)11-15-25)29(20-33)37-30(34)18-23-6-4-3-5-7-23/h8-17,19,23,29H,3-7,18,20,33H2,1-2H3. The van der Waals surface area contributed by atoms with Crippen LogP contribution in [0, 0.1) is 19.8 Å². The van der Waals surface area contributed by atoms with E-state index in [1.807, 2.05) is 38.1 Å². The zero-order valence-corrected chi connectivity index (χ0v) is 22.5. The first-order chi connectivity index (χ1) is 18.8. The minimum absolute atomic E-state index is 0.0281. The first-order valence-corrected chi connectivity index (χ1v) is 13.4. The summed E-state index contributed by atoms with van der Waals surface area (Å²) in [6.45, 7) is 3.89. The summed E-state index contributed by atoms with van der Waals surface area (Å²) < 4.78 is 17.0. The number of nitrogens with two attached hydrogens (primary N) is 1. The Hall–Kier alpha value is -3.97. The van der Waals surface area contributed by atoms with E-state index in [9.17, 15) is 14.4 Å². The van der Waals surface area contributed by atoms with E-state index in [0.29, 0.717) is 29.0 Å². The molecular formula is C32H35NO6. The highest BCUT2D eigenvalue weighted by Crippen LogP contribution is 2.34. The molecule has 3 aromatic carbocycles. The van der Waals surface area contributed by atoms with Crippen molar-refractivity contribution in [2.24, 2.45) is 11.7 Å². The number of hydrogen-bond donors (Lipinski definition) is 1. The number of esters is 3. The van der Waals surface area contributed by atoms with Gasteiger partial charge in [-0.05, 0) is 74.6 Å². The summed E-state index contributed by atoms with van der Waals surface area (Å²) in [6.07, 6.45) is 5.16. The first kappa shape index (κ1) is 28.0. The maximum Gasteiger partial charge on any atom is 0.343 e. The predicted octanol–water partition coefficient (Wildman–Crippen LogP) is 6.26. The van der Waals surface area contributed by atoms with Gasteiger partial charge in [0.15, 0.2) is 11.5 Å². The molecule has 39 heavy (non-hydrogen) atoms. The van der Waals surface area contributed by atoms with Gasteiger partial charge < -0.3 is 19.9 Å². The molecule has 7 heteroatoms. The third kappa shape index (κ3) is 7.77. The van der Waals surface area contributed by atoms with Crippen LogP contribution >= 0.6 is 0 Å². The average Bonchev–Trinajstić information content (AvgIpc) is 2.94. The second-order valence-electron chi connectivity index (χ2n) is 10.1. The number of benzene rings is 3. The molecule has 0 saturated heterocycles. The topological polar surface area (TPSA) is 105 Å². The molecule has 0 radical (unpaired) electrons. The third-order valence-electron chi connectivity index (χ3n) is 6.99. The minimum atomic E-state index is -0.736. The van der Waals surface area contributed by atoms with Crippen molar-refractivity contribution in [1.29, 1.82) is 0 Å². The predicted molar refractivity (Wildman–Crippen MR) is 148 cm³/mol. The van der Waals surface area contributed by atoms with Crippen molar-refractivity contribution in [3.05, 3.63) is 94.5 Å². The third-order valence-corrected chi connectivity index (χ3v) is 6.99. The summed E-state index contributed by atoms with van der Waals surface area (Å²) in [4.78, 5) is 38.5. The highest BCUT2D eigenvalue weighted by Gasteiger charge is 2.24. The van der Waals surface area contributed by atoms with Gasteiger partial charge in [-0.25, -0.2) is 9.59 Å². The molecule has 0 aliphatic heterocycles. The highest BCUT2D eigenvalue weighted by molar-refractivity contribution is 5.93. The van der Waals surface area contributed by atoms with Gasteiger partial charge in [0, 0.05) is 13.0 Å². The van der Waals surface area contributed by atoms with Gasteiger partial charge in [0.1, 0.15) is 6.10 Å². The Morgan fingerprint density at radius 3 is 1.85 bits per heavy atom. The van der Waals surface area contributed by atoms with Crippen LogP contribution in [0.5, 0.6) is 11.5 Å². The fourth-order valence-corrected chi connectivity index (χ4v) is 4.67. The lowest BCUT2D eigenvalue weighted by Gasteiger charge is -2.23. The van der Waals surface area contributed by atoms with Crippen LogP contribution in [0.1, 0.15) is 82.0 Å². The first-order valence-electron chi connectivity index (χ1n) is 13.4. The molecule has 0 spiro atoms. The molecule has 7 nitrogen and oxygen atoms in total. The normalized spacial score (nSPS) is 14.3. The van der Waals surface area contributed by atoms with Crippen LogP contribution in [0.25, 0.3) is 0 Å². The van der Waals surface area contributed by atoms with E-state index in [1.165, 1.54) is 18.6 Å². The Balaban J connectivity index is 1.56. The van der Waals surface area contributed by atoms with Crippen LogP contribution in [0.2, 0.25) is 0 Å². The molecule has 1 unspecified atom stereocenters. The quantitative estimate of drug-likeness (QED) is 0.258. The minimum Gasteiger partial charge on any atom is -0.456 e. The molecule has 0 aromatic heterocycles. The monoisotopic (exact) mass is 529 g/mol. The SMILES string of the molecule is Cc1ccc(C(=O)Oc2ccc(C(CN)OC(=O)CC3CCCCC3)cc2OC(=O)c2ccc(C)cc2)cc1. The van der Waals surface area contributed by atoms with Gasteiger partial charge in [-0.3, -0.25) is 4.79 Å². The van der Waals surface area contributed by atoms with Crippen LogP contribution in [0.4, 0.5) is 0 Å². The summed E-state index contributed by atoms with van der Waals surface area (Å²) in [5.74, 6) is -1.08. The molecule has 1 fully saturated rings. The summed E-state index contributed by atoms with van der Waals surface area (Å²) in [7, 11) is 0. The molecule has 0 bridgehead atoms. The van der Waals surface area contributed by atoms with Crippen molar-refractivity contribution < 1.29 is 28.6 Å². The molecular weight excluding hydrogens is 494 g/mol. The molecule has 1 aliphatic carbocycles. The van der Waals surface area contributed by atoms with Gasteiger partial charge in [-0.1, -0.05) is 60.7 Å². The fraction of sp³-hybridized carbons (Fsp3) is 0.344. The lowest BCUT2D eigenvalue weighted by Crippen LogP contribution is -2.22. The summed E-state index contributed by atoms with van der Waals surface area (Å²) >= 11 is 0. The molecule has 3 aromatic rings. The zero-order chi connectivity index (χ0) is 27.8. The van der Waals surface area contributed by atoms with Crippen molar-refractivity contribution in [2.45, 2.75) is 58.5 Å². The van der Waals surface area contributed by atoms with E-state index < -0.39 is 18.0 Å². The lowest BCUT2D eigenvalue weighted by atomic mass is 9.87. The van der Waals surface area contributed by atoms with Crippen LogP contribution in [0.15, 0.2) is 66.7 Å². The maximum atomic E-state index is 12.9. The van der Waals surface area contributed by atoms with E-state index in [1.54, 1.807) is 30.3 Å². The van der Waals surface area contributed by atoms with Crippen molar-refractivity contribution in [3.63, 3.8) is 0 Å². The number of hydrogen-bond acceptors (Lipinski definition) is 7. The van der Waals surface area contributed by atoms with Gasteiger partial charge in [0.2, 0.25) is 0 Å². The van der Waals surface area contributed by atoms with E-state index in [4.69, 9.17) is 19.9 Å². The molecule has 1 saturated carbocycles. The van der Waals surface area contributed by atoms with Gasteiger partial charge in [0.05, 0.1) is 11.1 Å². The number of rotatable bonds is 9. The van der Waals surface area contributed by atoms with Crippen molar-refractivity contribution in [3.8, 4) is 11.5 Å². The number of ether oxygens (including phenoxy) is 3. The van der Waals surface area contributed by atoms with Crippen molar-refractivity contribution in [2.75, 3.05) is 6.54 Å². The molecule has 1 atom stereocenters. The Labute approximate surface area is 229 Å². The summed E-state index contributed by atoms with van der Waals surface area (Å²) in [5, 5.41) is 0. The van der Waals surface area contributed by atoms with Crippen LogP contribution in [0.3, 0.4) is 0 Å². The van der Waals surface area contributed by atoms with Crippen molar-refractivity contribution in [1.82, 2.24) is 0 Å². The van der Waals surface area contributed by atoms with Crippen LogP contribution < -0.4 is 15.2 Å².